The Morgan fingerprint density at radius 1 is 0.722 bits per heavy atom. The number of urea groups is 1. The second-order valence-electron chi connectivity index (χ2n) is 6.56. The predicted octanol–water partition coefficient (Wildman–Crippen LogP) is 3.25. The van der Waals surface area contributed by atoms with Crippen molar-refractivity contribution in [3.63, 3.8) is 0 Å². The van der Waals surface area contributed by atoms with Crippen molar-refractivity contribution in [2.24, 2.45) is 5.41 Å². The fourth-order valence-electron chi connectivity index (χ4n) is 4.19. The van der Waals surface area contributed by atoms with E-state index in [1.54, 1.807) is 0 Å². The molecule has 0 N–H and O–H groups in total. The van der Waals surface area contributed by atoms with Crippen LogP contribution in [-0.4, -0.2) is 42.0 Å². The third-order valence-electron chi connectivity index (χ3n) is 5.22. The standard InChI is InChI=1S/C15H26N2O/c18-14(16-10-4-5-11-16)17-12-6-9-15(13-17)7-2-1-3-8-15/h1-13H2. The average Bonchev–Trinajstić information content (AvgIpc) is 2.93. The Morgan fingerprint density at radius 3 is 2.06 bits per heavy atom. The smallest absolute Gasteiger partial charge is 0.320 e. The van der Waals surface area contributed by atoms with Crippen LogP contribution >= 0.6 is 0 Å². The summed E-state index contributed by atoms with van der Waals surface area (Å²) >= 11 is 0. The molecule has 3 fully saturated rings. The van der Waals surface area contributed by atoms with Crippen LogP contribution in [0.2, 0.25) is 0 Å². The lowest BCUT2D eigenvalue weighted by Crippen LogP contribution is -2.51. The number of hydrogen-bond acceptors (Lipinski definition) is 1. The maximum Gasteiger partial charge on any atom is 0.320 e. The van der Waals surface area contributed by atoms with E-state index in [1.807, 2.05) is 0 Å². The normalized spacial score (nSPS) is 27.8. The van der Waals surface area contributed by atoms with Crippen molar-refractivity contribution in [1.82, 2.24) is 9.80 Å². The fraction of sp³-hybridized carbons (Fsp3) is 0.933. The van der Waals surface area contributed by atoms with Gasteiger partial charge in [0.2, 0.25) is 0 Å². The van der Waals surface area contributed by atoms with Crippen LogP contribution in [0.25, 0.3) is 0 Å². The molecule has 0 aromatic heterocycles. The van der Waals surface area contributed by atoms with Crippen molar-refractivity contribution in [2.45, 2.75) is 57.8 Å². The number of piperidine rings is 1. The minimum atomic E-state index is 0.331. The highest BCUT2D eigenvalue weighted by atomic mass is 16.2. The maximum absolute atomic E-state index is 12.5. The molecule has 2 heterocycles. The third-order valence-corrected chi connectivity index (χ3v) is 5.22. The quantitative estimate of drug-likeness (QED) is 0.647. The molecule has 0 aromatic rings. The zero-order chi connectivity index (χ0) is 12.4. The summed E-state index contributed by atoms with van der Waals surface area (Å²) in [6.45, 7) is 4.02. The molecule has 3 aliphatic rings. The Balaban J connectivity index is 1.64. The van der Waals surface area contributed by atoms with Crippen LogP contribution < -0.4 is 0 Å². The molecule has 1 saturated carbocycles. The summed E-state index contributed by atoms with van der Waals surface area (Å²) in [5.74, 6) is 0. The van der Waals surface area contributed by atoms with E-state index in [-0.39, 0.29) is 0 Å². The number of likely N-dealkylation sites (tertiary alicyclic amines) is 2. The van der Waals surface area contributed by atoms with Gasteiger partial charge in [0.05, 0.1) is 0 Å². The molecule has 0 bridgehead atoms. The van der Waals surface area contributed by atoms with Crippen molar-refractivity contribution in [3.05, 3.63) is 0 Å². The summed E-state index contributed by atoms with van der Waals surface area (Å²) < 4.78 is 0. The maximum atomic E-state index is 12.5. The molecule has 3 heteroatoms. The van der Waals surface area contributed by atoms with Gasteiger partial charge in [-0.3, -0.25) is 0 Å². The molecule has 1 aliphatic carbocycles. The van der Waals surface area contributed by atoms with Crippen LogP contribution in [0, 0.1) is 5.41 Å². The van der Waals surface area contributed by atoms with Gasteiger partial charge >= 0.3 is 6.03 Å². The number of nitrogens with zero attached hydrogens (tertiary/aromatic N) is 2. The minimum Gasteiger partial charge on any atom is -0.325 e. The monoisotopic (exact) mass is 250 g/mol. The topological polar surface area (TPSA) is 23.6 Å². The minimum absolute atomic E-state index is 0.331. The highest BCUT2D eigenvalue weighted by Crippen LogP contribution is 2.43. The lowest BCUT2D eigenvalue weighted by Gasteiger charge is -2.46. The summed E-state index contributed by atoms with van der Waals surface area (Å²) in [5, 5.41) is 0. The molecule has 2 saturated heterocycles. The number of carbonyl (C=O) groups excluding carboxylic acids is 1. The van der Waals surface area contributed by atoms with Crippen molar-refractivity contribution in [3.8, 4) is 0 Å². The van der Waals surface area contributed by atoms with Gasteiger partial charge in [-0.25, -0.2) is 4.79 Å². The van der Waals surface area contributed by atoms with Gasteiger partial charge in [-0.1, -0.05) is 19.3 Å². The van der Waals surface area contributed by atoms with Gasteiger partial charge in [0.1, 0.15) is 0 Å². The zero-order valence-electron chi connectivity index (χ0n) is 11.5. The van der Waals surface area contributed by atoms with E-state index < -0.39 is 0 Å². The van der Waals surface area contributed by atoms with Gasteiger partial charge in [-0.15, -0.1) is 0 Å². The Hall–Kier alpha value is -0.730. The van der Waals surface area contributed by atoms with E-state index in [9.17, 15) is 4.79 Å². The van der Waals surface area contributed by atoms with Crippen LogP contribution in [0.15, 0.2) is 0 Å². The Labute approximate surface area is 111 Å². The molecule has 2 aliphatic heterocycles. The molecule has 0 atom stereocenters. The second kappa shape index (κ2) is 5.10. The van der Waals surface area contributed by atoms with Gasteiger partial charge in [-0.2, -0.15) is 0 Å². The first-order chi connectivity index (χ1) is 8.79. The summed E-state index contributed by atoms with van der Waals surface area (Å²) in [4.78, 5) is 16.7. The van der Waals surface area contributed by atoms with Crippen LogP contribution in [0.5, 0.6) is 0 Å². The van der Waals surface area contributed by atoms with Crippen LogP contribution in [0.4, 0.5) is 4.79 Å². The summed E-state index contributed by atoms with van der Waals surface area (Å²) in [7, 11) is 0. The second-order valence-corrected chi connectivity index (χ2v) is 6.56. The first kappa shape index (κ1) is 12.3. The largest absolute Gasteiger partial charge is 0.325 e. The molecule has 3 rings (SSSR count). The van der Waals surface area contributed by atoms with E-state index in [4.69, 9.17) is 0 Å². The van der Waals surface area contributed by atoms with E-state index in [0.29, 0.717) is 11.4 Å². The van der Waals surface area contributed by atoms with Gasteiger partial charge in [0.15, 0.2) is 0 Å². The van der Waals surface area contributed by atoms with Crippen molar-refractivity contribution >= 4 is 6.03 Å². The van der Waals surface area contributed by atoms with Crippen molar-refractivity contribution in [2.75, 3.05) is 26.2 Å². The Morgan fingerprint density at radius 2 is 1.33 bits per heavy atom. The Kier molecular flexibility index (Phi) is 3.49. The number of carbonyl (C=O) groups is 1. The summed E-state index contributed by atoms with van der Waals surface area (Å²) in [6.07, 6.45) is 11.9. The van der Waals surface area contributed by atoms with Crippen molar-refractivity contribution < 1.29 is 4.79 Å². The van der Waals surface area contributed by atoms with Gasteiger partial charge < -0.3 is 9.80 Å². The van der Waals surface area contributed by atoms with E-state index >= 15 is 0 Å². The van der Waals surface area contributed by atoms with Gasteiger partial charge in [0.25, 0.3) is 0 Å². The Bertz CT molecular complexity index is 298. The molecule has 0 aromatic carbocycles. The first-order valence-corrected chi connectivity index (χ1v) is 7.83. The molecule has 2 amide bonds. The first-order valence-electron chi connectivity index (χ1n) is 7.83. The van der Waals surface area contributed by atoms with Crippen molar-refractivity contribution in [1.29, 1.82) is 0 Å². The van der Waals surface area contributed by atoms with Gasteiger partial charge in [0, 0.05) is 26.2 Å². The zero-order valence-corrected chi connectivity index (χ0v) is 11.5. The predicted molar refractivity (Wildman–Crippen MR) is 72.5 cm³/mol. The molecule has 18 heavy (non-hydrogen) atoms. The molecular formula is C15H26N2O. The molecule has 0 unspecified atom stereocenters. The number of rotatable bonds is 0. The highest BCUT2D eigenvalue weighted by molar-refractivity contribution is 5.74. The molecule has 3 nitrogen and oxygen atoms in total. The molecule has 1 spiro atoms. The lowest BCUT2D eigenvalue weighted by atomic mass is 9.69. The molecule has 102 valence electrons. The number of amides is 2. The van der Waals surface area contributed by atoms with E-state index in [0.717, 1.165) is 26.2 Å². The van der Waals surface area contributed by atoms with Gasteiger partial charge in [-0.05, 0) is 43.9 Å². The van der Waals surface area contributed by atoms with Crippen LogP contribution in [0.1, 0.15) is 57.8 Å². The van der Waals surface area contributed by atoms with E-state index in [2.05, 4.69) is 9.80 Å². The lowest BCUT2D eigenvalue weighted by molar-refractivity contribution is 0.0600. The molecular weight excluding hydrogens is 224 g/mol. The number of hydrogen-bond donors (Lipinski definition) is 0. The van der Waals surface area contributed by atoms with Crippen LogP contribution in [0.3, 0.4) is 0 Å². The fourth-order valence-corrected chi connectivity index (χ4v) is 4.19. The van der Waals surface area contributed by atoms with Crippen LogP contribution in [-0.2, 0) is 0 Å². The van der Waals surface area contributed by atoms with E-state index in [1.165, 1.54) is 57.8 Å². The highest BCUT2D eigenvalue weighted by Gasteiger charge is 2.39. The average molecular weight is 250 g/mol. The SMILES string of the molecule is O=C(N1CCCC1)N1CCCC2(CCCCC2)C1. The molecule has 0 radical (unpaired) electrons. The summed E-state index contributed by atoms with van der Waals surface area (Å²) in [5.41, 5.74) is 0.492. The third kappa shape index (κ3) is 2.36. The summed E-state index contributed by atoms with van der Waals surface area (Å²) in [6, 6.07) is 0.331.